The molecule has 0 saturated heterocycles. The fraction of sp³-hybridized carbons (Fsp3) is 0.333. The number of H-pyrrole nitrogens is 1. The standard InChI is InChI=1S/C12H17N3O2S2/c1-2-15(9-11-4-3-5-18-11)19(16,17)12-6-10(7-13)14-8-12/h3-6,8,14H,2,7,9,13H2,1H3. The van der Waals surface area contributed by atoms with Gasteiger partial charge in [0.25, 0.3) is 0 Å². The van der Waals surface area contributed by atoms with Crippen molar-refractivity contribution in [3.63, 3.8) is 0 Å². The fourth-order valence-electron chi connectivity index (χ4n) is 1.78. The van der Waals surface area contributed by atoms with Crippen molar-refractivity contribution >= 4 is 21.4 Å². The Morgan fingerprint density at radius 1 is 1.47 bits per heavy atom. The predicted molar refractivity (Wildman–Crippen MR) is 76.3 cm³/mol. The van der Waals surface area contributed by atoms with Gasteiger partial charge >= 0.3 is 0 Å². The zero-order valence-electron chi connectivity index (χ0n) is 10.7. The predicted octanol–water partition coefficient (Wildman–Crippen LogP) is 1.75. The van der Waals surface area contributed by atoms with Gasteiger partial charge in [0, 0.05) is 36.4 Å². The Kier molecular flexibility index (Phi) is 4.41. The molecule has 0 amide bonds. The Labute approximate surface area is 117 Å². The van der Waals surface area contributed by atoms with E-state index >= 15 is 0 Å². The normalized spacial score (nSPS) is 12.2. The van der Waals surface area contributed by atoms with Gasteiger partial charge in [-0.25, -0.2) is 8.42 Å². The van der Waals surface area contributed by atoms with Crippen molar-refractivity contribution in [1.82, 2.24) is 9.29 Å². The molecule has 2 rings (SSSR count). The number of nitrogens with two attached hydrogens (primary N) is 1. The van der Waals surface area contributed by atoms with Crippen molar-refractivity contribution in [2.24, 2.45) is 5.73 Å². The Morgan fingerprint density at radius 3 is 2.79 bits per heavy atom. The summed E-state index contributed by atoms with van der Waals surface area (Å²) in [5.41, 5.74) is 6.20. The average Bonchev–Trinajstić information content (AvgIpc) is 3.06. The van der Waals surface area contributed by atoms with Crippen LogP contribution in [-0.4, -0.2) is 24.3 Å². The number of hydrogen-bond donors (Lipinski definition) is 2. The van der Waals surface area contributed by atoms with Crippen LogP contribution in [0.1, 0.15) is 17.5 Å². The number of aromatic nitrogens is 1. The third kappa shape index (κ3) is 3.06. The van der Waals surface area contributed by atoms with Gasteiger partial charge in [-0.3, -0.25) is 0 Å². The van der Waals surface area contributed by atoms with Gasteiger partial charge in [-0.1, -0.05) is 13.0 Å². The van der Waals surface area contributed by atoms with E-state index in [1.165, 1.54) is 10.5 Å². The minimum Gasteiger partial charge on any atom is -0.363 e. The first kappa shape index (κ1) is 14.3. The summed E-state index contributed by atoms with van der Waals surface area (Å²) in [4.78, 5) is 4.17. The van der Waals surface area contributed by atoms with Gasteiger partial charge in [0.05, 0.1) is 4.90 Å². The third-order valence-corrected chi connectivity index (χ3v) is 5.60. The van der Waals surface area contributed by atoms with E-state index < -0.39 is 10.0 Å². The second-order valence-corrected chi connectivity index (χ2v) is 7.05. The van der Waals surface area contributed by atoms with Crippen molar-refractivity contribution in [3.8, 4) is 0 Å². The van der Waals surface area contributed by atoms with Crippen molar-refractivity contribution in [2.45, 2.75) is 24.9 Å². The first-order valence-electron chi connectivity index (χ1n) is 5.97. The Bertz CT molecular complexity index is 617. The van der Waals surface area contributed by atoms with E-state index in [-0.39, 0.29) is 4.90 Å². The Morgan fingerprint density at radius 2 is 2.26 bits per heavy atom. The molecule has 0 atom stereocenters. The summed E-state index contributed by atoms with van der Waals surface area (Å²) < 4.78 is 26.4. The van der Waals surface area contributed by atoms with Gasteiger partial charge in [-0.15, -0.1) is 11.3 Å². The lowest BCUT2D eigenvalue weighted by Crippen LogP contribution is -2.29. The summed E-state index contributed by atoms with van der Waals surface area (Å²) in [6, 6.07) is 5.45. The van der Waals surface area contributed by atoms with E-state index in [2.05, 4.69) is 4.98 Å². The highest BCUT2D eigenvalue weighted by Crippen LogP contribution is 2.20. The lowest BCUT2D eigenvalue weighted by molar-refractivity contribution is 0.426. The molecular weight excluding hydrogens is 282 g/mol. The van der Waals surface area contributed by atoms with Gasteiger partial charge in [-0.2, -0.15) is 4.31 Å². The van der Waals surface area contributed by atoms with Crippen LogP contribution in [-0.2, 0) is 23.1 Å². The van der Waals surface area contributed by atoms with Crippen molar-refractivity contribution < 1.29 is 8.42 Å². The molecule has 104 valence electrons. The van der Waals surface area contributed by atoms with Crippen LogP contribution in [0, 0.1) is 0 Å². The number of sulfonamides is 1. The van der Waals surface area contributed by atoms with Crippen LogP contribution in [0.2, 0.25) is 0 Å². The van der Waals surface area contributed by atoms with Crippen LogP contribution in [0.25, 0.3) is 0 Å². The van der Waals surface area contributed by atoms with Gasteiger partial charge in [0.1, 0.15) is 0 Å². The molecule has 0 unspecified atom stereocenters. The van der Waals surface area contributed by atoms with Crippen LogP contribution in [0.4, 0.5) is 0 Å². The molecule has 2 aromatic rings. The molecule has 7 heteroatoms. The number of rotatable bonds is 6. The van der Waals surface area contributed by atoms with E-state index in [0.29, 0.717) is 25.3 Å². The first-order chi connectivity index (χ1) is 9.07. The van der Waals surface area contributed by atoms with E-state index in [4.69, 9.17) is 5.73 Å². The fourth-order valence-corrected chi connectivity index (χ4v) is 4.03. The molecule has 0 bridgehead atoms. The largest absolute Gasteiger partial charge is 0.363 e. The maximum absolute atomic E-state index is 12.5. The van der Waals surface area contributed by atoms with E-state index in [0.717, 1.165) is 4.88 Å². The lowest BCUT2D eigenvalue weighted by Gasteiger charge is -2.18. The number of nitrogens with zero attached hydrogens (tertiary/aromatic N) is 1. The summed E-state index contributed by atoms with van der Waals surface area (Å²) in [5, 5.41) is 1.94. The zero-order chi connectivity index (χ0) is 13.9. The Hall–Kier alpha value is -1.15. The summed E-state index contributed by atoms with van der Waals surface area (Å²) in [7, 11) is -3.46. The van der Waals surface area contributed by atoms with Crippen LogP contribution in [0.3, 0.4) is 0 Å². The third-order valence-electron chi connectivity index (χ3n) is 2.84. The first-order valence-corrected chi connectivity index (χ1v) is 8.29. The average molecular weight is 299 g/mol. The molecule has 0 aliphatic rings. The number of thiophene rings is 1. The summed E-state index contributed by atoms with van der Waals surface area (Å²) in [5.74, 6) is 0. The minimum absolute atomic E-state index is 0.270. The monoisotopic (exact) mass is 299 g/mol. The van der Waals surface area contributed by atoms with Crippen molar-refractivity contribution in [1.29, 1.82) is 0 Å². The number of hydrogen-bond acceptors (Lipinski definition) is 4. The highest BCUT2D eigenvalue weighted by molar-refractivity contribution is 7.89. The summed E-state index contributed by atoms with van der Waals surface area (Å²) in [6.07, 6.45) is 1.49. The molecule has 0 aromatic carbocycles. The topological polar surface area (TPSA) is 79.2 Å². The highest BCUT2D eigenvalue weighted by atomic mass is 32.2. The molecule has 0 radical (unpaired) electrons. The molecular formula is C12H17N3O2S2. The molecule has 0 saturated carbocycles. The molecule has 5 nitrogen and oxygen atoms in total. The quantitative estimate of drug-likeness (QED) is 0.853. The van der Waals surface area contributed by atoms with Crippen LogP contribution in [0.5, 0.6) is 0 Å². The van der Waals surface area contributed by atoms with E-state index in [1.807, 2.05) is 24.4 Å². The smallest absolute Gasteiger partial charge is 0.244 e. The van der Waals surface area contributed by atoms with Gasteiger partial charge < -0.3 is 10.7 Å². The van der Waals surface area contributed by atoms with E-state index in [9.17, 15) is 8.42 Å². The molecule has 19 heavy (non-hydrogen) atoms. The van der Waals surface area contributed by atoms with Crippen molar-refractivity contribution in [2.75, 3.05) is 6.54 Å². The summed E-state index contributed by atoms with van der Waals surface area (Å²) in [6.45, 7) is 2.97. The van der Waals surface area contributed by atoms with Gasteiger partial charge in [-0.05, 0) is 17.5 Å². The Balaban J connectivity index is 2.25. The maximum atomic E-state index is 12.5. The molecule has 0 spiro atoms. The van der Waals surface area contributed by atoms with E-state index in [1.54, 1.807) is 17.4 Å². The zero-order valence-corrected chi connectivity index (χ0v) is 12.3. The van der Waals surface area contributed by atoms with Crippen LogP contribution >= 0.6 is 11.3 Å². The van der Waals surface area contributed by atoms with Gasteiger partial charge in [0.15, 0.2) is 0 Å². The van der Waals surface area contributed by atoms with Gasteiger partial charge in [0.2, 0.25) is 10.0 Å². The second kappa shape index (κ2) is 5.87. The molecule has 2 aromatic heterocycles. The molecule has 0 aliphatic heterocycles. The SMILES string of the molecule is CCN(Cc1cccs1)S(=O)(=O)c1c[nH]c(CN)c1. The lowest BCUT2D eigenvalue weighted by atomic mass is 10.4. The van der Waals surface area contributed by atoms with Crippen molar-refractivity contribution in [3.05, 3.63) is 40.3 Å². The molecule has 0 fully saturated rings. The minimum atomic E-state index is -3.46. The van der Waals surface area contributed by atoms with Crippen LogP contribution < -0.4 is 5.73 Å². The number of nitrogens with one attached hydrogen (secondary N) is 1. The highest BCUT2D eigenvalue weighted by Gasteiger charge is 2.24. The second-order valence-electron chi connectivity index (χ2n) is 4.08. The molecule has 2 heterocycles. The summed E-state index contributed by atoms with van der Waals surface area (Å²) >= 11 is 1.55. The number of aromatic amines is 1. The van der Waals surface area contributed by atoms with Crippen LogP contribution in [0.15, 0.2) is 34.7 Å². The maximum Gasteiger partial charge on any atom is 0.244 e. The molecule has 3 N–H and O–H groups in total. The molecule has 0 aliphatic carbocycles.